The molecule has 0 aliphatic carbocycles. The number of nitrogens with one attached hydrogen (secondary N) is 1. The van der Waals surface area contributed by atoms with E-state index in [9.17, 15) is 0 Å². The molecule has 1 aliphatic rings. The maximum atomic E-state index is 4.63. The van der Waals surface area contributed by atoms with Gasteiger partial charge in [-0.15, -0.1) is 0 Å². The minimum Gasteiger partial charge on any atom is -0.365 e. The maximum Gasteiger partial charge on any atom is 0.156 e. The Morgan fingerprint density at radius 1 is 1.26 bits per heavy atom. The zero-order chi connectivity index (χ0) is 13.5. The molecule has 1 aromatic rings. The largest absolute Gasteiger partial charge is 0.365 e. The van der Waals surface area contributed by atoms with Crippen LogP contribution in [0.25, 0.3) is 0 Å². The van der Waals surface area contributed by atoms with E-state index in [0.717, 1.165) is 30.6 Å². The second kappa shape index (κ2) is 7.59. The number of aliphatic imine (C=N–C) groups is 1. The molecule has 0 saturated carbocycles. The van der Waals surface area contributed by atoms with Gasteiger partial charge in [0.1, 0.15) is 0 Å². The SMILES string of the molecule is CCC(CC)C1CN=C(NCCc2ccccc2)S1. The Balaban J connectivity index is 1.71. The van der Waals surface area contributed by atoms with Gasteiger partial charge in [-0.05, 0) is 17.9 Å². The summed E-state index contributed by atoms with van der Waals surface area (Å²) in [7, 11) is 0. The van der Waals surface area contributed by atoms with Crippen LogP contribution in [0, 0.1) is 5.92 Å². The molecule has 0 spiro atoms. The summed E-state index contributed by atoms with van der Waals surface area (Å²) in [4.78, 5) is 4.63. The van der Waals surface area contributed by atoms with Crippen molar-refractivity contribution in [2.45, 2.75) is 38.4 Å². The highest BCUT2D eigenvalue weighted by Gasteiger charge is 2.25. The van der Waals surface area contributed by atoms with E-state index in [-0.39, 0.29) is 0 Å². The second-order valence-corrected chi connectivity index (χ2v) is 6.27. The predicted molar refractivity (Wildman–Crippen MR) is 85.9 cm³/mol. The van der Waals surface area contributed by atoms with E-state index in [1.165, 1.54) is 18.4 Å². The lowest BCUT2D eigenvalue weighted by Gasteiger charge is -2.18. The zero-order valence-corrected chi connectivity index (χ0v) is 12.7. The normalized spacial score (nSPS) is 18.7. The smallest absolute Gasteiger partial charge is 0.156 e. The van der Waals surface area contributed by atoms with E-state index in [4.69, 9.17) is 0 Å². The summed E-state index contributed by atoms with van der Waals surface area (Å²) >= 11 is 1.94. The van der Waals surface area contributed by atoms with Crippen molar-refractivity contribution in [2.75, 3.05) is 13.1 Å². The summed E-state index contributed by atoms with van der Waals surface area (Å²) in [6, 6.07) is 10.6. The van der Waals surface area contributed by atoms with E-state index in [1.807, 2.05) is 11.8 Å². The summed E-state index contributed by atoms with van der Waals surface area (Å²) in [5.41, 5.74) is 1.38. The molecule has 3 heteroatoms. The average molecular weight is 276 g/mol. The first-order valence-corrected chi connectivity index (χ1v) is 8.20. The molecule has 1 aliphatic heterocycles. The maximum absolute atomic E-state index is 4.63. The summed E-state index contributed by atoms with van der Waals surface area (Å²) in [6.07, 6.45) is 3.60. The van der Waals surface area contributed by atoms with Crippen molar-refractivity contribution in [1.82, 2.24) is 5.32 Å². The third-order valence-corrected chi connectivity index (χ3v) is 5.12. The standard InChI is InChI=1S/C16H24N2S/c1-3-14(4-2)15-12-18-16(19-15)17-11-10-13-8-6-5-7-9-13/h5-9,14-15H,3-4,10-12H2,1-2H3,(H,17,18). The molecule has 0 radical (unpaired) electrons. The van der Waals surface area contributed by atoms with Crippen LogP contribution in [-0.2, 0) is 6.42 Å². The molecule has 0 saturated heterocycles. The van der Waals surface area contributed by atoms with E-state index in [1.54, 1.807) is 0 Å². The van der Waals surface area contributed by atoms with E-state index >= 15 is 0 Å². The van der Waals surface area contributed by atoms with Gasteiger partial charge in [0, 0.05) is 11.8 Å². The van der Waals surface area contributed by atoms with Crippen molar-refractivity contribution in [1.29, 1.82) is 0 Å². The van der Waals surface area contributed by atoms with Crippen LogP contribution in [0.15, 0.2) is 35.3 Å². The molecule has 1 unspecified atom stereocenters. The molecule has 0 aromatic heterocycles. The number of benzene rings is 1. The van der Waals surface area contributed by atoms with Gasteiger partial charge in [-0.3, -0.25) is 4.99 Å². The first-order chi connectivity index (χ1) is 9.33. The van der Waals surface area contributed by atoms with Gasteiger partial charge in [0.15, 0.2) is 5.17 Å². The summed E-state index contributed by atoms with van der Waals surface area (Å²) in [5.74, 6) is 0.808. The highest BCUT2D eigenvalue weighted by atomic mass is 32.2. The molecule has 0 bridgehead atoms. The van der Waals surface area contributed by atoms with E-state index in [2.05, 4.69) is 54.5 Å². The highest BCUT2D eigenvalue weighted by molar-refractivity contribution is 8.14. The van der Waals surface area contributed by atoms with Gasteiger partial charge >= 0.3 is 0 Å². The van der Waals surface area contributed by atoms with Crippen molar-refractivity contribution in [3.63, 3.8) is 0 Å². The Morgan fingerprint density at radius 2 is 2.00 bits per heavy atom. The van der Waals surface area contributed by atoms with Crippen LogP contribution in [0.1, 0.15) is 32.3 Å². The second-order valence-electron chi connectivity index (χ2n) is 5.04. The van der Waals surface area contributed by atoms with Crippen LogP contribution >= 0.6 is 11.8 Å². The van der Waals surface area contributed by atoms with Crippen LogP contribution in [0.2, 0.25) is 0 Å². The topological polar surface area (TPSA) is 24.4 Å². The van der Waals surface area contributed by atoms with E-state index < -0.39 is 0 Å². The minimum absolute atomic E-state index is 0.689. The van der Waals surface area contributed by atoms with Gasteiger partial charge in [-0.1, -0.05) is 68.8 Å². The molecule has 1 atom stereocenters. The Bertz CT molecular complexity index is 398. The lowest BCUT2D eigenvalue weighted by molar-refractivity contribution is 0.479. The number of amidine groups is 1. The lowest BCUT2D eigenvalue weighted by atomic mass is 9.99. The summed E-state index contributed by atoms with van der Waals surface area (Å²) < 4.78 is 0. The lowest BCUT2D eigenvalue weighted by Crippen LogP contribution is -2.23. The van der Waals surface area contributed by atoms with E-state index in [0.29, 0.717) is 5.25 Å². The Morgan fingerprint density at radius 3 is 2.68 bits per heavy atom. The van der Waals surface area contributed by atoms with Crippen LogP contribution in [0.4, 0.5) is 0 Å². The van der Waals surface area contributed by atoms with Gasteiger partial charge in [0.2, 0.25) is 0 Å². The summed E-state index contributed by atoms with van der Waals surface area (Å²) in [6.45, 7) is 6.54. The van der Waals surface area contributed by atoms with Gasteiger partial charge in [-0.25, -0.2) is 0 Å². The van der Waals surface area contributed by atoms with Gasteiger partial charge in [-0.2, -0.15) is 0 Å². The van der Waals surface area contributed by atoms with Crippen molar-refractivity contribution < 1.29 is 0 Å². The fourth-order valence-electron chi connectivity index (χ4n) is 2.51. The Labute approximate surface area is 121 Å². The molecule has 2 nitrogen and oxygen atoms in total. The molecule has 1 aromatic carbocycles. The first kappa shape index (κ1) is 14.4. The van der Waals surface area contributed by atoms with Crippen LogP contribution in [0.5, 0.6) is 0 Å². The molecular formula is C16H24N2S. The highest BCUT2D eigenvalue weighted by Crippen LogP contribution is 2.30. The van der Waals surface area contributed by atoms with Crippen LogP contribution in [0.3, 0.4) is 0 Å². The average Bonchev–Trinajstić information content (AvgIpc) is 2.90. The molecule has 0 fully saturated rings. The summed E-state index contributed by atoms with van der Waals surface area (Å²) in [5, 5.41) is 5.31. The molecule has 2 rings (SSSR count). The minimum atomic E-state index is 0.689. The van der Waals surface area contributed by atoms with Gasteiger partial charge in [0.25, 0.3) is 0 Å². The third-order valence-electron chi connectivity index (χ3n) is 3.79. The monoisotopic (exact) mass is 276 g/mol. The fourth-order valence-corrected chi connectivity index (χ4v) is 3.85. The molecule has 104 valence electrons. The quantitative estimate of drug-likeness (QED) is 0.856. The molecule has 1 heterocycles. The van der Waals surface area contributed by atoms with Crippen molar-refractivity contribution in [3.05, 3.63) is 35.9 Å². The molecule has 1 N–H and O–H groups in total. The van der Waals surface area contributed by atoms with Crippen LogP contribution < -0.4 is 5.32 Å². The van der Waals surface area contributed by atoms with Gasteiger partial charge < -0.3 is 5.32 Å². The predicted octanol–water partition coefficient (Wildman–Crippen LogP) is 3.73. The number of thioether (sulfide) groups is 1. The first-order valence-electron chi connectivity index (χ1n) is 7.32. The Hall–Kier alpha value is -0.960. The molecule has 0 amide bonds. The number of hydrogen-bond donors (Lipinski definition) is 1. The van der Waals surface area contributed by atoms with Crippen molar-refractivity contribution >= 4 is 16.9 Å². The number of rotatable bonds is 6. The number of hydrogen-bond acceptors (Lipinski definition) is 3. The van der Waals surface area contributed by atoms with Crippen LogP contribution in [-0.4, -0.2) is 23.5 Å². The zero-order valence-electron chi connectivity index (χ0n) is 11.9. The fraction of sp³-hybridized carbons (Fsp3) is 0.562. The van der Waals surface area contributed by atoms with Crippen molar-refractivity contribution in [3.8, 4) is 0 Å². The van der Waals surface area contributed by atoms with Crippen molar-refractivity contribution in [2.24, 2.45) is 10.9 Å². The number of nitrogens with zero attached hydrogens (tertiary/aromatic N) is 1. The molecular weight excluding hydrogens is 252 g/mol. The van der Waals surface area contributed by atoms with Gasteiger partial charge in [0.05, 0.1) is 6.54 Å². The molecule has 19 heavy (non-hydrogen) atoms. The Kier molecular flexibility index (Phi) is 5.77. The third kappa shape index (κ3) is 4.27.